The minimum absolute atomic E-state index is 0.00790. The van der Waals surface area contributed by atoms with Gasteiger partial charge >= 0.3 is 6.18 Å². The van der Waals surface area contributed by atoms with Gasteiger partial charge in [0.15, 0.2) is 11.7 Å². The quantitative estimate of drug-likeness (QED) is 0.763. The zero-order valence-electron chi connectivity index (χ0n) is 17.1. The number of alkyl halides is 3. The average Bonchev–Trinajstić information content (AvgIpc) is 3.09. The van der Waals surface area contributed by atoms with Gasteiger partial charge in [0.25, 0.3) is 5.91 Å². The average molecular weight is 458 g/mol. The van der Waals surface area contributed by atoms with Crippen molar-refractivity contribution < 1.29 is 22.7 Å². The summed E-state index contributed by atoms with van der Waals surface area (Å²) in [5.74, 6) is 0.160. The Kier molecular flexibility index (Phi) is 5.78. The number of rotatable bonds is 3. The number of anilines is 1. The van der Waals surface area contributed by atoms with Crippen LogP contribution in [0.25, 0.3) is 0 Å². The number of piperazine rings is 1. The molecule has 2 aromatic rings. The lowest BCUT2D eigenvalue weighted by molar-refractivity contribution is -0.173. The molecule has 168 valence electrons. The Hall–Kier alpha value is -2.46. The van der Waals surface area contributed by atoms with Crippen LogP contribution < -0.4 is 10.1 Å². The molecule has 0 saturated carbocycles. The van der Waals surface area contributed by atoms with Gasteiger partial charge < -0.3 is 19.9 Å². The Morgan fingerprint density at radius 1 is 1.19 bits per heavy atom. The lowest BCUT2D eigenvalue weighted by atomic mass is 9.97. The number of carbonyl (C=O) groups excluding carboxylic acids is 1. The summed E-state index contributed by atoms with van der Waals surface area (Å²) in [4.78, 5) is 16.6. The number of nitrogens with zero attached hydrogens (tertiary/aromatic N) is 4. The molecule has 11 heteroatoms. The molecule has 1 aromatic heterocycles. The molecular weight excluding hydrogens is 435 g/mol. The number of hydrogen-bond donors (Lipinski definition) is 1. The van der Waals surface area contributed by atoms with Crippen LogP contribution in [0.3, 0.4) is 0 Å². The number of amides is 1. The molecule has 1 amide bonds. The molecule has 1 saturated heterocycles. The molecule has 31 heavy (non-hydrogen) atoms. The Morgan fingerprint density at radius 2 is 1.84 bits per heavy atom. The number of hydrogen-bond acceptors (Lipinski definition) is 5. The van der Waals surface area contributed by atoms with Crippen molar-refractivity contribution in [3.63, 3.8) is 0 Å². The molecule has 7 nitrogen and oxygen atoms in total. The largest absolute Gasteiger partial charge is 0.497 e. The molecule has 3 heterocycles. The van der Waals surface area contributed by atoms with Gasteiger partial charge in [-0.1, -0.05) is 23.7 Å². The highest BCUT2D eigenvalue weighted by atomic mass is 35.5. The van der Waals surface area contributed by atoms with Gasteiger partial charge in [-0.2, -0.15) is 18.3 Å². The summed E-state index contributed by atoms with van der Waals surface area (Å²) in [6, 6.07) is 4.25. The summed E-state index contributed by atoms with van der Waals surface area (Å²) in [5, 5.41) is 6.99. The van der Waals surface area contributed by atoms with E-state index in [0.717, 1.165) is 4.68 Å². The minimum atomic E-state index is -4.55. The van der Waals surface area contributed by atoms with Crippen molar-refractivity contribution >= 4 is 23.3 Å². The Bertz CT molecular complexity index is 955. The topological polar surface area (TPSA) is 62.6 Å². The molecule has 2 aliphatic heterocycles. The first-order chi connectivity index (χ1) is 14.7. The van der Waals surface area contributed by atoms with Gasteiger partial charge in [0.05, 0.1) is 13.2 Å². The Balaban J connectivity index is 1.68. The third-order valence-corrected chi connectivity index (χ3v) is 6.16. The van der Waals surface area contributed by atoms with E-state index in [-0.39, 0.29) is 23.0 Å². The van der Waals surface area contributed by atoms with Crippen LogP contribution in [0.4, 0.5) is 19.0 Å². The van der Waals surface area contributed by atoms with Crippen LogP contribution in [0, 0.1) is 0 Å². The molecule has 1 N–H and O–H groups in total. The summed E-state index contributed by atoms with van der Waals surface area (Å²) < 4.78 is 47.7. The number of nitrogens with one attached hydrogen (secondary N) is 1. The van der Waals surface area contributed by atoms with Gasteiger partial charge in [-0.05, 0) is 24.7 Å². The number of ether oxygens (including phenoxy) is 1. The first kappa shape index (κ1) is 21.8. The van der Waals surface area contributed by atoms with E-state index < -0.39 is 24.2 Å². The van der Waals surface area contributed by atoms with E-state index in [1.54, 1.807) is 29.2 Å². The van der Waals surface area contributed by atoms with Crippen LogP contribution in [-0.2, 0) is 0 Å². The van der Waals surface area contributed by atoms with Crippen molar-refractivity contribution in [2.45, 2.75) is 24.7 Å². The van der Waals surface area contributed by atoms with Crippen LogP contribution in [0.2, 0.25) is 5.02 Å². The molecule has 2 aliphatic rings. The number of carbonyl (C=O) groups is 1. The fraction of sp³-hybridized carbons (Fsp3) is 0.500. The van der Waals surface area contributed by atoms with Gasteiger partial charge in [-0.3, -0.25) is 4.79 Å². The SMILES string of the molecule is COc1ccc([C@@H]2C[C@H](C(F)(F)F)n3nc(C(=O)N4CCN(C)CC4)c(Cl)c3N2)cc1. The van der Waals surface area contributed by atoms with Crippen LogP contribution in [0.15, 0.2) is 24.3 Å². The number of aromatic nitrogens is 2. The van der Waals surface area contributed by atoms with Crippen molar-refractivity contribution in [1.82, 2.24) is 19.6 Å². The molecule has 4 rings (SSSR count). The first-order valence-electron chi connectivity index (χ1n) is 9.92. The first-order valence-corrected chi connectivity index (χ1v) is 10.3. The zero-order chi connectivity index (χ0) is 22.3. The molecular formula is C20H23ClF3N5O2. The highest BCUT2D eigenvalue weighted by Gasteiger charge is 2.48. The number of benzene rings is 1. The highest BCUT2D eigenvalue weighted by Crippen LogP contribution is 2.46. The minimum Gasteiger partial charge on any atom is -0.497 e. The van der Waals surface area contributed by atoms with Crippen molar-refractivity contribution in [2.24, 2.45) is 0 Å². The smallest absolute Gasteiger partial charge is 0.410 e. The summed E-state index contributed by atoms with van der Waals surface area (Å²) in [5.41, 5.74) is 0.504. The molecule has 0 radical (unpaired) electrons. The fourth-order valence-corrected chi connectivity index (χ4v) is 4.20. The maximum absolute atomic E-state index is 13.9. The number of methoxy groups -OCH3 is 1. The standard InChI is InChI=1S/C20H23ClF3N5O2/c1-27-7-9-28(10-8-27)19(30)17-16(21)18-25-14(12-3-5-13(31-2)6-4-12)11-15(20(22,23)24)29(18)26-17/h3-6,14-15,25H,7-11H2,1-2H3/t14-,15+/m0/s1. The molecule has 1 aromatic carbocycles. The van der Waals surface area contributed by atoms with E-state index in [1.165, 1.54) is 7.11 Å². The van der Waals surface area contributed by atoms with Crippen LogP contribution in [-0.4, -0.2) is 72.0 Å². The van der Waals surface area contributed by atoms with E-state index in [1.807, 2.05) is 7.05 Å². The summed E-state index contributed by atoms with van der Waals surface area (Å²) in [6.45, 7) is 2.30. The fourth-order valence-electron chi connectivity index (χ4n) is 3.94. The van der Waals surface area contributed by atoms with Gasteiger partial charge in [0.2, 0.25) is 0 Å². The zero-order valence-corrected chi connectivity index (χ0v) is 17.9. The van der Waals surface area contributed by atoms with E-state index in [4.69, 9.17) is 16.3 Å². The molecule has 0 unspecified atom stereocenters. The predicted molar refractivity (Wildman–Crippen MR) is 110 cm³/mol. The Morgan fingerprint density at radius 3 is 2.42 bits per heavy atom. The van der Waals surface area contributed by atoms with Crippen molar-refractivity contribution in [3.8, 4) is 5.75 Å². The van der Waals surface area contributed by atoms with Gasteiger partial charge in [0.1, 0.15) is 16.6 Å². The Labute approximate surface area is 182 Å². The third kappa shape index (κ3) is 4.18. The monoisotopic (exact) mass is 457 g/mol. The van der Waals surface area contributed by atoms with E-state index in [9.17, 15) is 18.0 Å². The van der Waals surface area contributed by atoms with Gasteiger partial charge in [-0.25, -0.2) is 4.68 Å². The van der Waals surface area contributed by atoms with Crippen molar-refractivity contribution in [3.05, 3.63) is 40.5 Å². The highest BCUT2D eigenvalue weighted by molar-refractivity contribution is 6.36. The van der Waals surface area contributed by atoms with Crippen LogP contribution in [0.1, 0.15) is 34.6 Å². The maximum atomic E-state index is 13.9. The number of likely N-dealkylation sites (N-methyl/N-ethyl adjacent to an activating group) is 1. The second-order valence-corrected chi connectivity index (χ2v) is 8.19. The lowest BCUT2D eigenvalue weighted by Crippen LogP contribution is -2.47. The van der Waals surface area contributed by atoms with E-state index in [0.29, 0.717) is 37.5 Å². The van der Waals surface area contributed by atoms with Crippen molar-refractivity contribution in [2.75, 3.05) is 45.7 Å². The maximum Gasteiger partial charge on any atom is 0.410 e. The van der Waals surface area contributed by atoms with Gasteiger partial charge in [0, 0.05) is 32.6 Å². The van der Waals surface area contributed by atoms with Gasteiger partial charge in [-0.15, -0.1) is 0 Å². The summed E-state index contributed by atoms with van der Waals surface area (Å²) in [7, 11) is 3.46. The number of halogens is 4. The van der Waals surface area contributed by atoms with Crippen LogP contribution in [0.5, 0.6) is 5.75 Å². The second-order valence-electron chi connectivity index (χ2n) is 7.81. The normalized spacial score (nSPS) is 22.1. The summed E-state index contributed by atoms with van der Waals surface area (Å²) in [6.07, 6.45) is -4.83. The van der Waals surface area contributed by atoms with E-state index in [2.05, 4.69) is 15.3 Å². The molecule has 2 atom stereocenters. The second kappa shape index (κ2) is 8.23. The number of fused-ring (bicyclic) bond motifs is 1. The van der Waals surface area contributed by atoms with Crippen molar-refractivity contribution in [1.29, 1.82) is 0 Å². The predicted octanol–water partition coefficient (Wildman–Crippen LogP) is 3.59. The van der Waals surface area contributed by atoms with E-state index >= 15 is 0 Å². The lowest BCUT2D eigenvalue weighted by Gasteiger charge is -2.33. The molecule has 0 aliphatic carbocycles. The molecule has 1 fully saturated rings. The third-order valence-electron chi connectivity index (χ3n) is 5.81. The molecule has 0 bridgehead atoms. The summed E-state index contributed by atoms with van der Waals surface area (Å²) >= 11 is 6.41. The van der Waals surface area contributed by atoms with Crippen LogP contribution >= 0.6 is 11.6 Å². The molecule has 0 spiro atoms.